The summed E-state index contributed by atoms with van der Waals surface area (Å²) in [6.45, 7) is 5.87. The van der Waals surface area contributed by atoms with Crippen LogP contribution >= 0.6 is 0 Å². The van der Waals surface area contributed by atoms with Gasteiger partial charge in [-0.25, -0.2) is 4.98 Å². The number of aromatic amines is 1. The zero-order valence-electron chi connectivity index (χ0n) is 17.0. The van der Waals surface area contributed by atoms with Crippen molar-refractivity contribution in [3.05, 3.63) is 60.4 Å². The van der Waals surface area contributed by atoms with E-state index in [9.17, 15) is 4.79 Å². The number of hydrogen-bond acceptors (Lipinski definition) is 5. The summed E-state index contributed by atoms with van der Waals surface area (Å²) in [5.74, 6) is 1.77. The molecule has 0 bridgehead atoms. The van der Waals surface area contributed by atoms with Crippen LogP contribution in [0.2, 0.25) is 0 Å². The highest BCUT2D eigenvalue weighted by atomic mass is 16.5. The Balaban J connectivity index is 1.78. The Bertz CT molecular complexity index is 1210. The van der Waals surface area contributed by atoms with E-state index in [4.69, 9.17) is 9.72 Å². The zero-order chi connectivity index (χ0) is 20.7. The smallest absolute Gasteiger partial charge is 0.160 e. The van der Waals surface area contributed by atoms with Crippen LogP contribution in [0.15, 0.2) is 54.9 Å². The van der Waals surface area contributed by atoms with Crippen LogP contribution in [0.25, 0.3) is 28.0 Å². The summed E-state index contributed by atoms with van der Waals surface area (Å²) in [7, 11) is 0. The molecule has 0 spiro atoms. The second-order valence-electron chi connectivity index (χ2n) is 7.61. The minimum atomic E-state index is 0.0462. The number of pyridine rings is 1. The van der Waals surface area contributed by atoms with Gasteiger partial charge in [0.1, 0.15) is 17.3 Å². The van der Waals surface area contributed by atoms with Gasteiger partial charge in [0.25, 0.3) is 0 Å². The number of benzene rings is 1. The molecule has 4 aromatic rings. The zero-order valence-corrected chi connectivity index (χ0v) is 17.0. The molecule has 0 saturated carbocycles. The maximum atomic E-state index is 12.3. The number of nitrogens with zero attached hydrogens (tertiary/aromatic N) is 4. The van der Waals surface area contributed by atoms with Crippen molar-refractivity contribution in [1.82, 2.24) is 19.7 Å². The van der Waals surface area contributed by atoms with Crippen LogP contribution in [-0.2, 0) is 4.74 Å². The number of carbonyl (C=O) groups excluding carboxylic acids is 1. The van der Waals surface area contributed by atoms with Crippen LogP contribution in [0.3, 0.4) is 0 Å². The second kappa shape index (κ2) is 7.42. The number of H-pyrrole nitrogens is 1. The molecule has 1 N–H and O–H groups in total. The summed E-state index contributed by atoms with van der Waals surface area (Å²) in [5, 5.41) is 8.08. The van der Waals surface area contributed by atoms with Crippen molar-refractivity contribution >= 4 is 22.6 Å². The largest absolute Gasteiger partial charge is 0.377 e. The van der Waals surface area contributed by atoms with Crippen molar-refractivity contribution in [3.63, 3.8) is 0 Å². The van der Waals surface area contributed by atoms with E-state index < -0.39 is 0 Å². The first kappa shape index (κ1) is 18.6. The molecule has 1 aliphatic rings. The van der Waals surface area contributed by atoms with Crippen LogP contribution in [0, 0.1) is 0 Å². The number of anilines is 1. The van der Waals surface area contributed by atoms with Gasteiger partial charge >= 0.3 is 0 Å². The molecule has 5 rings (SSSR count). The summed E-state index contributed by atoms with van der Waals surface area (Å²) in [6, 6.07) is 14.0. The first-order chi connectivity index (χ1) is 14.6. The van der Waals surface area contributed by atoms with Crippen LogP contribution in [0.5, 0.6) is 0 Å². The van der Waals surface area contributed by atoms with Crippen molar-refractivity contribution in [3.8, 4) is 16.9 Å². The van der Waals surface area contributed by atoms with Crippen molar-refractivity contribution in [1.29, 1.82) is 0 Å². The molecule has 1 fully saturated rings. The number of carbonyl (C=O) groups is 1. The van der Waals surface area contributed by atoms with Gasteiger partial charge < -0.3 is 9.64 Å². The third-order valence-corrected chi connectivity index (χ3v) is 5.65. The minimum absolute atomic E-state index is 0.0462. The molecular formula is C23H23N5O2. The van der Waals surface area contributed by atoms with Gasteiger partial charge in [0.2, 0.25) is 0 Å². The predicted molar refractivity (Wildman–Crippen MR) is 116 cm³/mol. The molecule has 1 saturated heterocycles. The lowest BCUT2D eigenvalue weighted by Gasteiger charge is -2.34. The molecule has 152 valence electrons. The van der Waals surface area contributed by atoms with E-state index in [0.29, 0.717) is 18.8 Å². The molecule has 1 aliphatic heterocycles. The molecule has 0 amide bonds. The summed E-state index contributed by atoms with van der Waals surface area (Å²) in [6.07, 6.45) is 3.71. The lowest BCUT2D eigenvalue weighted by Crippen LogP contribution is -2.44. The highest BCUT2D eigenvalue weighted by Crippen LogP contribution is 2.35. The number of fused-ring (bicyclic) bond motifs is 1. The van der Waals surface area contributed by atoms with Crippen molar-refractivity contribution in [2.75, 3.05) is 24.7 Å². The van der Waals surface area contributed by atoms with E-state index in [0.717, 1.165) is 40.3 Å². The van der Waals surface area contributed by atoms with Crippen LogP contribution in [0.1, 0.15) is 24.2 Å². The van der Waals surface area contributed by atoms with Gasteiger partial charge in [-0.15, -0.1) is 0 Å². The lowest BCUT2D eigenvalue weighted by atomic mass is 9.96. The molecule has 0 aliphatic carbocycles. The van der Waals surface area contributed by atoms with Crippen molar-refractivity contribution in [2.24, 2.45) is 0 Å². The lowest BCUT2D eigenvalue weighted by molar-refractivity contribution is 0.0985. The number of Topliss-reactive ketones (excluding diaryl/α,β-unsaturated/α-hetero) is 1. The Hall–Kier alpha value is -3.45. The fourth-order valence-electron chi connectivity index (χ4n) is 4.14. The topological polar surface area (TPSA) is 76.0 Å². The van der Waals surface area contributed by atoms with Gasteiger partial charge in [0.15, 0.2) is 5.78 Å². The average molecular weight is 401 g/mol. The molecule has 0 radical (unpaired) electrons. The van der Waals surface area contributed by atoms with E-state index in [1.165, 1.54) is 0 Å². The monoisotopic (exact) mass is 401 g/mol. The van der Waals surface area contributed by atoms with Crippen LogP contribution in [0.4, 0.5) is 5.82 Å². The SMILES string of the molecule is CC(=O)c1ccccc1-c1cc(N2CCOC[C@H]2C)nc2c1ccn2-c1ccn[nH]1. The highest BCUT2D eigenvalue weighted by Gasteiger charge is 2.23. The van der Waals surface area contributed by atoms with Gasteiger partial charge in [0.05, 0.1) is 25.5 Å². The molecular weight excluding hydrogens is 378 g/mol. The molecule has 4 heterocycles. The fraction of sp³-hybridized carbons (Fsp3) is 0.261. The number of morpholine rings is 1. The third-order valence-electron chi connectivity index (χ3n) is 5.65. The minimum Gasteiger partial charge on any atom is -0.377 e. The maximum absolute atomic E-state index is 12.3. The Morgan fingerprint density at radius 1 is 1.20 bits per heavy atom. The molecule has 7 heteroatoms. The standard InChI is InChI=1S/C23H23N5O2/c1-15-14-30-12-11-27(15)22-13-20(18-6-4-3-5-17(18)16(2)29)19-8-10-28(23(19)25-22)21-7-9-24-26-21/h3-10,13,15H,11-12,14H2,1-2H3,(H,24,26)/t15-/m1/s1. The summed E-state index contributed by atoms with van der Waals surface area (Å²) in [5.41, 5.74) is 3.45. The second-order valence-corrected chi connectivity index (χ2v) is 7.61. The molecule has 1 aromatic carbocycles. The van der Waals surface area contributed by atoms with E-state index in [1.54, 1.807) is 13.1 Å². The highest BCUT2D eigenvalue weighted by molar-refractivity contribution is 6.05. The quantitative estimate of drug-likeness (QED) is 0.526. The first-order valence-corrected chi connectivity index (χ1v) is 10.1. The molecule has 30 heavy (non-hydrogen) atoms. The van der Waals surface area contributed by atoms with Crippen molar-refractivity contribution < 1.29 is 9.53 Å². The van der Waals surface area contributed by atoms with Crippen molar-refractivity contribution in [2.45, 2.75) is 19.9 Å². The van der Waals surface area contributed by atoms with Gasteiger partial charge in [-0.3, -0.25) is 14.5 Å². The van der Waals surface area contributed by atoms with E-state index in [-0.39, 0.29) is 11.8 Å². The summed E-state index contributed by atoms with van der Waals surface area (Å²) in [4.78, 5) is 19.6. The van der Waals surface area contributed by atoms with Gasteiger partial charge in [-0.2, -0.15) is 5.10 Å². The van der Waals surface area contributed by atoms with E-state index in [1.807, 2.05) is 47.2 Å². The Morgan fingerprint density at radius 2 is 2.07 bits per heavy atom. The van der Waals surface area contributed by atoms with E-state index in [2.05, 4.69) is 28.1 Å². The number of rotatable bonds is 4. The normalized spacial score (nSPS) is 16.9. The summed E-state index contributed by atoms with van der Waals surface area (Å²) < 4.78 is 7.62. The first-order valence-electron chi connectivity index (χ1n) is 10.1. The third kappa shape index (κ3) is 3.07. The van der Waals surface area contributed by atoms with E-state index >= 15 is 0 Å². The average Bonchev–Trinajstić information content (AvgIpc) is 3.43. The maximum Gasteiger partial charge on any atom is 0.160 e. The fourth-order valence-corrected chi connectivity index (χ4v) is 4.14. The number of ketones is 1. The number of aromatic nitrogens is 4. The Morgan fingerprint density at radius 3 is 2.83 bits per heavy atom. The van der Waals surface area contributed by atoms with Gasteiger partial charge in [-0.05, 0) is 37.1 Å². The Labute approximate surface area is 174 Å². The molecule has 0 unspecified atom stereocenters. The van der Waals surface area contributed by atoms with Crippen LogP contribution < -0.4 is 4.90 Å². The van der Waals surface area contributed by atoms with Crippen LogP contribution in [-0.4, -0.2) is 51.3 Å². The Kier molecular flexibility index (Phi) is 4.59. The number of hydrogen-bond donors (Lipinski definition) is 1. The van der Waals surface area contributed by atoms with Gasteiger partial charge in [0, 0.05) is 29.8 Å². The number of nitrogens with one attached hydrogen (secondary N) is 1. The molecule has 7 nitrogen and oxygen atoms in total. The predicted octanol–water partition coefficient (Wildman–Crippen LogP) is 3.84. The summed E-state index contributed by atoms with van der Waals surface area (Å²) >= 11 is 0. The molecule has 3 aromatic heterocycles. The number of ether oxygens (including phenoxy) is 1. The molecule has 1 atom stereocenters. The van der Waals surface area contributed by atoms with Gasteiger partial charge in [-0.1, -0.05) is 24.3 Å².